The Labute approximate surface area is 82.2 Å². The van der Waals surface area contributed by atoms with Gasteiger partial charge in [-0.3, -0.25) is 0 Å². The molecular weight excluding hydrogens is 204 g/mol. The standard InChI is InChI=1S/C8H9N2O3S/c1-14(12,13)10(8(9)11)7-5-3-2-4-6-7/h2-5H,1H3,(H2,9,11). The maximum atomic E-state index is 11.2. The van der Waals surface area contributed by atoms with E-state index in [4.69, 9.17) is 5.73 Å². The van der Waals surface area contributed by atoms with E-state index in [2.05, 4.69) is 6.07 Å². The van der Waals surface area contributed by atoms with Gasteiger partial charge in [-0.1, -0.05) is 18.2 Å². The van der Waals surface area contributed by atoms with E-state index in [0.717, 1.165) is 6.26 Å². The van der Waals surface area contributed by atoms with Crippen molar-refractivity contribution in [3.63, 3.8) is 0 Å². The van der Waals surface area contributed by atoms with Gasteiger partial charge in [-0.05, 0) is 6.07 Å². The molecule has 0 heterocycles. The number of para-hydroxylation sites is 1. The zero-order chi connectivity index (χ0) is 10.8. The van der Waals surface area contributed by atoms with Crippen LogP contribution in [0.4, 0.5) is 10.5 Å². The Balaban J connectivity index is 3.22. The number of carbonyl (C=O) groups excluding carboxylic acids is 1. The summed E-state index contributed by atoms with van der Waals surface area (Å²) in [5, 5.41) is 0. The number of anilines is 1. The van der Waals surface area contributed by atoms with Gasteiger partial charge in [-0.2, -0.15) is 4.31 Å². The molecule has 0 aliphatic carbocycles. The molecular formula is C8H9N2O3S. The molecule has 6 heteroatoms. The molecule has 1 aromatic rings. The lowest BCUT2D eigenvalue weighted by Gasteiger charge is -2.16. The quantitative estimate of drug-likeness (QED) is 0.768. The molecule has 0 saturated heterocycles. The van der Waals surface area contributed by atoms with Crippen molar-refractivity contribution in [2.24, 2.45) is 5.73 Å². The minimum Gasteiger partial charge on any atom is -0.350 e. The molecule has 1 rings (SSSR count). The van der Waals surface area contributed by atoms with Gasteiger partial charge in [0.15, 0.2) is 0 Å². The lowest BCUT2D eigenvalue weighted by Crippen LogP contribution is -2.40. The first-order chi connectivity index (χ1) is 6.43. The maximum absolute atomic E-state index is 11.2. The summed E-state index contributed by atoms with van der Waals surface area (Å²) >= 11 is 0. The van der Waals surface area contributed by atoms with Crippen LogP contribution in [-0.4, -0.2) is 20.7 Å². The van der Waals surface area contributed by atoms with Crippen molar-refractivity contribution in [2.75, 3.05) is 10.6 Å². The normalized spacial score (nSPS) is 10.9. The highest BCUT2D eigenvalue weighted by molar-refractivity contribution is 7.92. The predicted molar refractivity (Wildman–Crippen MR) is 52.2 cm³/mol. The van der Waals surface area contributed by atoms with E-state index < -0.39 is 16.1 Å². The van der Waals surface area contributed by atoms with Crippen molar-refractivity contribution in [3.05, 3.63) is 30.3 Å². The molecule has 5 nitrogen and oxygen atoms in total. The van der Waals surface area contributed by atoms with E-state index in [-0.39, 0.29) is 5.69 Å². The minimum absolute atomic E-state index is 0.113. The highest BCUT2D eigenvalue weighted by Gasteiger charge is 2.22. The van der Waals surface area contributed by atoms with Crippen molar-refractivity contribution < 1.29 is 13.2 Å². The Hall–Kier alpha value is -1.56. The number of primary amides is 1. The third kappa shape index (κ3) is 2.23. The second-order valence-corrected chi connectivity index (χ2v) is 4.44. The van der Waals surface area contributed by atoms with Gasteiger partial charge >= 0.3 is 6.03 Å². The molecule has 0 spiro atoms. The van der Waals surface area contributed by atoms with Crippen molar-refractivity contribution >= 4 is 21.7 Å². The number of nitrogens with two attached hydrogens (primary N) is 1. The zero-order valence-corrected chi connectivity index (χ0v) is 8.28. The molecule has 1 aromatic carbocycles. The van der Waals surface area contributed by atoms with Crippen molar-refractivity contribution in [2.45, 2.75) is 0 Å². The van der Waals surface area contributed by atoms with Crippen molar-refractivity contribution in [1.82, 2.24) is 0 Å². The van der Waals surface area contributed by atoms with Gasteiger partial charge in [0, 0.05) is 6.07 Å². The second-order valence-electron chi connectivity index (χ2n) is 2.61. The molecule has 75 valence electrons. The first-order valence-corrected chi connectivity index (χ1v) is 5.54. The van der Waals surface area contributed by atoms with Gasteiger partial charge in [-0.15, -0.1) is 0 Å². The number of hydrogen-bond donors (Lipinski definition) is 1. The third-order valence-electron chi connectivity index (χ3n) is 1.44. The Morgan fingerprint density at radius 2 is 2.14 bits per heavy atom. The third-order valence-corrected chi connectivity index (χ3v) is 2.48. The summed E-state index contributed by atoms with van der Waals surface area (Å²) in [6.45, 7) is 0. The van der Waals surface area contributed by atoms with Gasteiger partial charge in [0.1, 0.15) is 0 Å². The van der Waals surface area contributed by atoms with Gasteiger partial charge in [-0.25, -0.2) is 13.2 Å². The fourth-order valence-electron chi connectivity index (χ4n) is 0.971. The molecule has 14 heavy (non-hydrogen) atoms. The molecule has 0 bridgehead atoms. The molecule has 0 aliphatic rings. The monoisotopic (exact) mass is 213 g/mol. The number of carbonyl (C=O) groups is 1. The second kappa shape index (κ2) is 3.67. The van der Waals surface area contributed by atoms with Crippen LogP contribution in [0.3, 0.4) is 0 Å². The molecule has 0 saturated carbocycles. The van der Waals surface area contributed by atoms with Gasteiger partial charge in [0.25, 0.3) is 0 Å². The molecule has 2 N–H and O–H groups in total. The first kappa shape index (κ1) is 10.5. The SMILES string of the molecule is CS(=O)(=O)N(C(N)=O)c1[c]cccc1. The Morgan fingerprint density at radius 3 is 2.50 bits per heavy atom. The highest BCUT2D eigenvalue weighted by Crippen LogP contribution is 2.15. The fourth-order valence-corrected chi connectivity index (χ4v) is 1.77. The van der Waals surface area contributed by atoms with Crippen LogP contribution >= 0.6 is 0 Å². The number of benzene rings is 1. The minimum atomic E-state index is -3.69. The van der Waals surface area contributed by atoms with Crippen LogP contribution in [0.5, 0.6) is 0 Å². The van der Waals surface area contributed by atoms with Crippen LogP contribution in [0.2, 0.25) is 0 Å². The molecule has 0 atom stereocenters. The lowest BCUT2D eigenvalue weighted by molar-refractivity contribution is 0.257. The number of hydrogen-bond acceptors (Lipinski definition) is 3. The largest absolute Gasteiger partial charge is 0.350 e. The first-order valence-electron chi connectivity index (χ1n) is 3.69. The number of rotatable bonds is 2. The summed E-state index contributed by atoms with van der Waals surface area (Å²) in [4.78, 5) is 10.9. The van der Waals surface area contributed by atoms with E-state index in [9.17, 15) is 13.2 Å². The summed E-state index contributed by atoms with van der Waals surface area (Å²) in [5.74, 6) is 0. The summed E-state index contributed by atoms with van der Waals surface area (Å²) in [7, 11) is -3.69. The smallest absolute Gasteiger partial charge is 0.333 e. The number of amides is 2. The predicted octanol–water partition coefficient (Wildman–Crippen LogP) is 0.331. The number of sulfonamides is 1. The molecule has 0 aliphatic heterocycles. The van der Waals surface area contributed by atoms with E-state index in [1.165, 1.54) is 12.1 Å². The van der Waals surface area contributed by atoms with Crippen molar-refractivity contribution in [1.29, 1.82) is 0 Å². The van der Waals surface area contributed by atoms with Gasteiger partial charge in [0.2, 0.25) is 10.0 Å². The van der Waals surface area contributed by atoms with E-state index in [0.29, 0.717) is 4.31 Å². The molecule has 1 radical (unpaired) electrons. The van der Waals surface area contributed by atoms with Crippen LogP contribution in [-0.2, 0) is 10.0 Å². The summed E-state index contributed by atoms with van der Waals surface area (Å²) in [5.41, 5.74) is 5.06. The fraction of sp³-hybridized carbons (Fsp3) is 0.125. The topological polar surface area (TPSA) is 80.5 Å². The average Bonchev–Trinajstić information content (AvgIpc) is 2.02. The molecule has 0 unspecified atom stereocenters. The van der Waals surface area contributed by atoms with Gasteiger partial charge in [0.05, 0.1) is 11.9 Å². The Morgan fingerprint density at radius 1 is 1.50 bits per heavy atom. The van der Waals surface area contributed by atoms with Crippen LogP contribution in [0.25, 0.3) is 0 Å². The maximum Gasteiger partial charge on any atom is 0.333 e. The van der Waals surface area contributed by atoms with E-state index in [1.54, 1.807) is 12.1 Å². The molecule has 0 aromatic heterocycles. The van der Waals surface area contributed by atoms with Crippen LogP contribution in [0.15, 0.2) is 24.3 Å². The molecule has 2 amide bonds. The molecule has 0 fully saturated rings. The number of nitrogens with zero attached hydrogens (tertiary/aromatic N) is 1. The van der Waals surface area contributed by atoms with Crippen LogP contribution < -0.4 is 10.0 Å². The Kier molecular flexibility index (Phi) is 2.76. The number of urea groups is 1. The summed E-state index contributed by atoms with van der Waals surface area (Å²) in [6.07, 6.45) is 0.901. The van der Waals surface area contributed by atoms with Crippen molar-refractivity contribution in [3.8, 4) is 0 Å². The zero-order valence-electron chi connectivity index (χ0n) is 7.47. The van der Waals surface area contributed by atoms with Crippen LogP contribution in [0.1, 0.15) is 0 Å². The average molecular weight is 213 g/mol. The Bertz CT molecular complexity index is 427. The van der Waals surface area contributed by atoms with Gasteiger partial charge < -0.3 is 5.73 Å². The lowest BCUT2D eigenvalue weighted by atomic mass is 10.3. The van der Waals surface area contributed by atoms with E-state index >= 15 is 0 Å². The van der Waals surface area contributed by atoms with Crippen LogP contribution in [0, 0.1) is 6.07 Å². The highest BCUT2D eigenvalue weighted by atomic mass is 32.2. The summed E-state index contributed by atoms with van der Waals surface area (Å²) in [6, 6.07) is 7.74. The van der Waals surface area contributed by atoms with E-state index in [1.807, 2.05) is 0 Å². The summed E-state index contributed by atoms with van der Waals surface area (Å²) < 4.78 is 22.8.